The van der Waals surface area contributed by atoms with Crippen molar-refractivity contribution in [1.82, 2.24) is 24.5 Å². The predicted molar refractivity (Wildman–Crippen MR) is 85.3 cm³/mol. The van der Waals surface area contributed by atoms with Crippen molar-refractivity contribution in [3.63, 3.8) is 0 Å². The SMILES string of the molecule is C[C@H](NC(=O)Cn1nc2ncccn2c1=O)c1ccc(Cl)cc1. The second-order valence-electron chi connectivity index (χ2n) is 5.07. The first-order valence-corrected chi connectivity index (χ1v) is 7.37. The molecule has 0 saturated carbocycles. The Balaban J connectivity index is 1.72. The zero-order valence-corrected chi connectivity index (χ0v) is 13.1. The highest BCUT2D eigenvalue weighted by atomic mass is 35.5. The molecule has 1 N–H and O–H groups in total. The molecule has 23 heavy (non-hydrogen) atoms. The van der Waals surface area contributed by atoms with E-state index >= 15 is 0 Å². The Morgan fingerprint density at radius 3 is 2.78 bits per heavy atom. The lowest BCUT2D eigenvalue weighted by molar-refractivity contribution is -0.122. The highest BCUT2D eigenvalue weighted by Crippen LogP contribution is 2.15. The van der Waals surface area contributed by atoms with E-state index in [9.17, 15) is 9.59 Å². The molecule has 118 valence electrons. The number of halogens is 1. The maximum Gasteiger partial charge on any atom is 0.352 e. The fourth-order valence-corrected chi connectivity index (χ4v) is 2.35. The summed E-state index contributed by atoms with van der Waals surface area (Å²) in [4.78, 5) is 28.2. The summed E-state index contributed by atoms with van der Waals surface area (Å²) in [5, 5.41) is 7.48. The number of carbonyl (C=O) groups is 1. The van der Waals surface area contributed by atoms with Crippen molar-refractivity contribution in [2.24, 2.45) is 0 Å². The highest BCUT2D eigenvalue weighted by molar-refractivity contribution is 6.30. The molecule has 7 nitrogen and oxygen atoms in total. The molecule has 8 heteroatoms. The van der Waals surface area contributed by atoms with E-state index < -0.39 is 5.69 Å². The first-order valence-electron chi connectivity index (χ1n) is 6.99. The van der Waals surface area contributed by atoms with Gasteiger partial charge in [0.2, 0.25) is 5.91 Å². The Labute approximate surface area is 136 Å². The minimum absolute atomic E-state index is 0.167. The molecule has 0 radical (unpaired) electrons. The van der Waals surface area contributed by atoms with Crippen molar-refractivity contribution in [1.29, 1.82) is 0 Å². The van der Waals surface area contributed by atoms with Crippen molar-refractivity contribution < 1.29 is 4.79 Å². The van der Waals surface area contributed by atoms with Crippen LogP contribution in [0.3, 0.4) is 0 Å². The molecule has 0 aliphatic heterocycles. The van der Waals surface area contributed by atoms with Gasteiger partial charge in [0.15, 0.2) is 0 Å². The van der Waals surface area contributed by atoms with E-state index in [4.69, 9.17) is 11.6 Å². The van der Waals surface area contributed by atoms with Crippen molar-refractivity contribution in [2.45, 2.75) is 19.5 Å². The summed E-state index contributed by atoms with van der Waals surface area (Å²) >= 11 is 5.84. The summed E-state index contributed by atoms with van der Waals surface area (Å²) in [6.07, 6.45) is 3.09. The molecule has 0 unspecified atom stereocenters. The fraction of sp³-hybridized carbons (Fsp3) is 0.200. The Morgan fingerprint density at radius 1 is 1.35 bits per heavy atom. The van der Waals surface area contributed by atoms with Gasteiger partial charge in [0.05, 0.1) is 6.04 Å². The normalized spacial score (nSPS) is 12.3. The van der Waals surface area contributed by atoms with Crippen LogP contribution in [0, 0.1) is 0 Å². The molecule has 3 rings (SSSR count). The van der Waals surface area contributed by atoms with Crippen molar-refractivity contribution in [2.75, 3.05) is 0 Å². The fourth-order valence-electron chi connectivity index (χ4n) is 2.22. The van der Waals surface area contributed by atoms with E-state index in [-0.39, 0.29) is 24.3 Å². The molecular weight excluding hydrogens is 318 g/mol. The standard InChI is InChI=1S/C15H14ClN5O2/c1-10(11-3-5-12(16)6-4-11)18-13(22)9-21-15(23)20-8-2-7-17-14(20)19-21/h2-8,10H,9H2,1H3,(H,18,22)/t10-/m0/s1. The largest absolute Gasteiger partial charge is 0.352 e. The van der Waals surface area contributed by atoms with Crippen LogP contribution in [0.25, 0.3) is 5.78 Å². The minimum Gasteiger partial charge on any atom is -0.348 e. The molecular formula is C15H14ClN5O2. The Kier molecular flexibility index (Phi) is 4.12. The number of rotatable bonds is 4. The lowest BCUT2D eigenvalue weighted by Gasteiger charge is -2.14. The molecule has 0 aliphatic rings. The predicted octanol–water partition coefficient (Wildman–Crippen LogP) is 1.42. The van der Waals surface area contributed by atoms with Gasteiger partial charge < -0.3 is 5.32 Å². The second-order valence-corrected chi connectivity index (χ2v) is 5.51. The Bertz CT molecular complexity index is 900. The van der Waals surface area contributed by atoms with Crippen molar-refractivity contribution >= 4 is 23.3 Å². The number of amides is 1. The van der Waals surface area contributed by atoms with Gasteiger partial charge in [-0.2, -0.15) is 0 Å². The van der Waals surface area contributed by atoms with Gasteiger partial charge in [-0.05, 0) is 30.7 Å². The second kappa shape index (κ2) is 6.21. The van der Waals surface area contributed by atoms with Crippen LogP contribution in [0.1, 0.15) is 18.5 Å². The average molecular weight is 332 g/mol. The highest BCUT2D eigenvalue weighted by Gasteiger charge is 2.13. The Hall–Kier alpha value is -2.67. The number of nitrogens with one attached hydrogen (secondary N) is 1. The van der Waals surface area contributed by atoms with Crippen LogP contribution in [-0.2, 0) is 11.3 Å². The molecule has 0 aliphatic carbocycles. The molecule has 0 bridgehead atoms. The minimum atomic E-state index is -0.401. The lowest BCUT2D eigenvalue weighted by atomic mass is 10.1. The van der Waals surface area contributed by atoms with Crippen molar-refractivity contribution in [3.8, 4) is 0 Å². The van der Waals surface area contributed by atoms with E-state index in [1.165, 1.54) is 10.6 Å². The first kappa shape index (κ1) is 15.2. The molecule has 1 aromatic carbocycles. The Morgan fingerprint density at radius 2 is 2.09 bits per heavy atom. The molecule has 3 aromatic rings. The number of nitrogens with zero attached hydrogens (tertiary/aromatic N) is 4. The molecule has 2 aromatic heterocycles. The summed E-state index contributed by atoms with van der Waals surface area (Å²) in [6.45, 7) is 1.69. The van der Waals surface area contributed by atoms with Crippen LogP contribution in [0.15, 0.2) is 47.5 Å². The zero-order valence-electron chi connectivity index (χ0n) is 12.3. The molecule has 1 amide bonds. The summed E-state index contributed by atoms with van der Waals surface area (Å²) in [5.74, 6) is -0.0472. The van der Waals surface area contributed by atoms with Gasteiger partial charge in [0.1, 0.15) is 6.54 Å². The van der Waals surface area contributed by atoms with Crippen LogP contribution >= 0.6 is 11.6 Å². The van der Waals surface area contributed by atoms with Crippen LogP contribution in [0.5, 0.6) is 0 Å². The van der Waals surface area contributed by atoms with E-state index in [2.05, 4.69) is 15.4 Å². The monoisotopic (exact) mass is 331 g/mol. The topological polar surface area (TPSA) is 81.3 Å². The third-order valence-corrected chi connectivity index (χ3v) is 3.66. The maximum absolute atomic E-state index is 12.1. The number of fused-ring (bicyclic) bond motifs is 1. The molecule has 2 heterocycles. The van der Waals surface area contributed by atoms with Gasteiger partial charge in [-0.3, -0.25) is 4.79 Å². The summed E-state index contributed by atoms with van der Waals surface area (Å²) in [7, 11) is 0. The van der Waals surface area contributed by atoms with Crippen LogP contribution in [-0.4, -0.2) is 25.1 Å². The number of hydrogen-bond donors (Lipinski definition) is 1. The van der Waals surface area contributed by atoms with Gasteiger partial charge >= 0.3 is 5.69 Å². The third kappa shape index (κ3) is 3.24. The van der Waals surface area contributed by atoms with Crippen molar-refractivity contribution in [3.05, 3.63) is 63.8 Å². The zero-order chi connectivity index (χ0) is 16.4. The van der Waals surface area contributed by atoms with Crippen LogP contribution < -0.4 is 11.0 Å². The number of aromatic nitrogens is 4. The molecule has 1 atom stereocenters. The first-order chi connectivity index (χ1) is 11.0. The van der Waals surface area contributed by atoms with E-state index in [1.807, 2.05) is 19.1 Å². The third-order valence-electron chi connectivity index (χ3n) is 3.40. The van der Waals surface area contributed by atoms with Gasteiger partial charge in [0, 0.05) is 17.4 Å². The van der Waals surface area contributed by atoms with Crippen LogP contribution in [0.4, 0.5) is 0 Å². The van der Waals surface area contributed by atoms with E-state index in [1.54, 1.807) is 24.4 Å². The molecule has 0 fully saturated rings. The quantitative estimate of drug-likeness (QED) is 0.784. The molecule has 0 saturated heterocycles. The van der Waals surface area contributed by atoms with Gasteiger partial charge in [-0.1, -0.05) is 23.7 Å². The van der Waals surface area contributed by atoms with Gasteiger partial charge in [-0.15, -0.1) is 5.10 Å². The van der Waals surface area contributed by atoms with Crippen LogP contribution in [0.2, 0.25) is 5.02 Å². The van der Waals surface area contributed by atoms with Gasteiger partial charge in [-0.25, -0.2) is 18.9 Å². The lowest BCUT2D eigenvalue weighted by Crippen LogP contribution is -2.34. The van der Waals surface area contributed by atoms with Gasteiger partial charge in [0.25, 0.3) is 5.78 Å². The summed E-state index contributed by atoms with van der Waals surface area (Å²) in [6, 6.07) is 8.63. The van der Waals surface area contributed by atoms with E-state index in [0.29, 0.717) is 5.02 Å². The summed E-state index contributed by atoms with van der Waals surface area (Å²) in [5.41, 5.74) is 0.522. The number of hydrogen-bond acceptors (Lipinski definition) is 4. The number of carbonyl (C=O) groups excluding carboxylic acids is 1. The maximum atomic E-state index is 12.1. The van der Waals surface area contributed by atoms with E-state index in [0.717, 1.165) is 10.2 Å². The smallest absolute Gasteiger partial charge is 0.348 e. The number of benzene rings is 1. The summed E-state index contributed by atoms with van der Waals surface area (Å²) < 4.78 is 2.38. The average Bonchev–Trinajstić information content (AvgIpc) is 2.84. The molecule has 0 spiro atoms.